The van der Waals surface area contributed by atoms with Crippen LogP contribution in [-0.2, 0) is 19.4 Å². The van der Waals surface area contributed by atoms with Crippen LogP contribution in [0.1, 0.15) is 16.7 Å². The lowest BCUT2D eigenvalue weighted by atomic mass is 9.91. The molecule has 1 atom stereocenters. The van der Waals surface area contributed by atoms with E-state index in [9.17, 15) is 4.39 Å². The molecule has 0 amide bonds. The zero-order valence-corrected chi connectivity index (χ0v) is 11.8. The fourth-order valence-electron chi connectivity index (χ4n) is 2.72. The maximum Gasteiger partial charge on any atom is 0.123 e. The third-order valence-corrected chi connectivity index (χ3v) is 4.07. The van der Waals surface area contributed by atoms with Gasteiger partial charge in [0, 0.05) is 17.6 Å². The third-order valence-electron chi connectivity index (χ3n) is 3.83. The molecule has 0 aromatic heterocycles. The van der Waals surface area contributed by atoms with Crippen LogP contribution in [0.25, 0.3) is 0 Å². The van der Waals surface area contributed by atoms with Gasteiger partial charge in [0.15, 0.2) is 0 Å². The molecule has 2 nitrogen and oxygen atoms in total. The zero-order chi connectivity index (χ0) is 14.1. The summed E-state index contributed by atoms with van der Waals surface area (Å²) in [6, 6.07) is 12.8. The van der Waals surface area contributed by atoms with Crippen molar-refractivity contribution < 1.29 is 4.39 Å². The van der Waals surface area contributed by atoms with Gasteiger partial charge in [-0.1, -0.05) is 29.8 Å². The number of nitrogens with two attached hydrogens (primary N) is 1. The van der Waals surface area contributed by atoms with Crippen molar-refractivity contribution in [1.29, 1.82) is 0 Å². The Labute approximate surface area is 122 Å². The van der Waals surface area contributed by atoms with E-state index in [1.807, 2.05) is 35.3 Å². The molecule has 0 radical (unpaired) electrons. The normalized spacial score (nSPS) is 18.9. The molecule has 0 spiro atoms. The van der Waals surface area contributed by atoms with Crippen molar-refractivity contribution in [1.82, 2.24) is 5.01 Å². The van der Waals surface area contributed by atoms with Crippen molar-refractivity contribution in [2.24, 2.45) is 5.84 Å². The minimum Gasteiger partial charge on any atom is -0.268 e. The molecule has 2 aromatic carbocycles. The average molecular weight is 291 g/mol. The molecule has 1 aliphatic rings. The summed E-state index contributed by atoms with van der Waals surface area (Å²) in [5.41, 5.74) is 3.58. The van der Waals surface area contributed by atoms with E-state index in [0.717, 1.165) is 30.0 Å². The van der Waals surface area contributed by atoms with Gasteiger partial charge in [0.1, 0.15) is 5.82 Å². The molecule has 0 saturated carbocycles. The first-order chi connectivity index (χ1) is 9.61. The smallest absolute Gasteiger partial charge is 0.123 e. The van der Waals surface area contributed by atoms with Gasteiger partial charge in [0.05, 0.1) is 0 Å². The lowest BCUT2D eigenvalue weighted by Gasteiger charge is -2.33. The lowest BCUT2D eigenvalue weighted by Crippen LogP contribution is -2.46. The maximum atomic E-state index is 12.9. The summed E-state index contributed by atoms with van der Waals surface area (Å²) in [7, 11) is 0. The van der Waals surface area contributed by atoms with Crippen molar-refractivity contribution in [2.75, 3.05) is 0 Å². The molecule has 1 unspecified atom stereocenters. The van der Waals surface area contributed by atoms with Gasteiger partial charge in [-0.05, 0) is 53.8 Å². The van der Waals surface area contributed by atoms with Gasteiger partial charge >= 0.3 is 0 Å². The minimum absolute atomic E-state index is 0.209. The van der Waals surface area contributed by atoms with E-state index in [4.69, 9.17) is 17.4 Å². The number of halogens is 2. The summed E-state index contributed by atoms with van der Waals surface area (Å²) in [5, 5.41) is 2.62. The highest BCUT2D eigenvalue weighted by Gasteiger charge is 2.24. The number of benzene rings is 2. The summed E-state index contributed by atoms with van der Waals surface area (Å²) in [6.07, 6.45) is 1.67. The van der Waals surface area contributed by atoms with Crippen molar-refractivity contribution in [3.8, 4) is 0 Å². The van der Waals surface area contributed by atoms with Gasteiger partial charge in [-0.15, -0.1) is 0 Å². The summed E-state index contributed by atoms with van der Waals surface area (Å²) >= 11 is 6.05. The summed E-state index contributed by atoms with van der Waals surface area (Å²) in [4.78, 5) is 0. The first-order valence-corrected chi connectivity index (χ1v) is 7.03. The maximum absolute atomic E-state index is 12.9. The van der Waals surface area contributed by atoms with Crippen LogP contribution >= 0.6 is 11.6 Å². The predicted molar refractivity (Wildman–Crippen MR) is 78.8 cm³/mol. The van der Waals surface area contributed by atoms with Gasteiger partial charge in [0.25, 0.3) is 0 Å². The number of fused-ring (bicyclic) bond motifs is 1. The van der Waals surface area contributed by atoms with E-state index >= 15 is 0 Å². The van der Waals surface area contributed by atoms with Gasteiger partial charge in [-0.25, -0.2) is 9.40 Å². The van der Waals surface area contributed by atoms with E-state index in [0.29, 0.717) is 0 Å². The molecule has 0 aliphatic carbocycles. The Kier molecular flexibility index (Phi) is 3.74. The largest absolute Gasteiger partial charge is 0.268 e. The predicted octanol–water partition coefficient (Wildman–Crippen LogP) is 3.32. The highest BCUT2D eigenvalue weighted by Crippen LogP contribution is 2.26. The monoisotopic (exact) mass is 290 g/mol. The van der Waals surface area contributed by atoms with Crippen LogP contribution in [0.4, 0.5) is 4.39 Å². The average Bonchev–Trinajstić information content (AvgIpc) is 2.42. The fourth-order valence-corrected chi connectivity index (χ4v) is 2.91. The van der Waals surface area contributed by atoms with Crippen LogP contribution in [0.5, 0.6) is 0 Å². The molecule has 2 aromatic rings. The van der Waals surface area contributed by atoms with Crippen molar-refractivity contribution >= 4 is 11.6 Å². The first kappa shape index (κ1) is 13.6. The Morgan fingerprint density at radius 1 is 1.15 bits per heavy atom. The summed E-state index contributed by atoms with van der Waals surface area (Å²) in [5.74, 6) is 5.93. The topological polar surface area (TPSA) is 29.3 Å². The van der Waals surface area contributed by atoms with Crippen LogP contribution in [0.3, 0.4) is 0 Å². The Morgan fingerprint density at radius 3 is 2.65 bits per heavy atom. The number of rotatable bonds is 2. The number of hydrazine groups is 1. The van der Waals surface area contributed by atoms with Gasteiger partial charge < -0.3 is 0 Å². The minimum atomic E-state index is -0.209. The van der Waals surface area contributed by atoms with E-state index in [-0.39, 0.29) is 11.9 Å². The van der Waals surface area contributed by atoms with Crippen LogP contribution < -0.4 is 5.84 Å². The molecule has 1 aliphatic heterocycles. The van der Waals surface area contributed by atoms with Gasteiger partial charge in [-0.3, -0.25) is 5.84 Å². The van der Waals surface area contributed by atoms with Gasteiger partial charge in [-0.2, -0.15) is 0 Å². The fraction of sp³-hybridized carbons (Fsp3) is 0.250. The third kappa shape index (κ3) is 2.85. The summed E-state index contributed by atoms with van der Waals surface area (Å²) < 4.78 is 12.9. The molecular weight excluding hydrogens is 275 g/mol. The van der Waals surface area contributed by atoms with E-state index < -0.39 is 0 Å². The van der Waals surface area contributed by atoms with E-state index in [2.05, 4.69) is 0 Å². The lowest BCUT2D eigenvalue weighted by molar-refractivity contribution is 0.173. The molecule has 2 N–H and O–H groups in total. The van der Waals surface area contributed by atoms with Gasteiger partial charge in [0.2, 0.25) is 0 Å². The van der Waals surface area contributed by atoms with E-state index in [1.165, 1.54) is 23.3 Å². The molecular formula is C16H16ClFN2. The number of hydrogen-bond acceptors (Lipinski definition) is 2. The Bertz CT molecular complexity index is 612. The first-order valence-electron chi connectivity index (χ1n) is 6.65. The number of hydrogen-bond donors (Lipinski definition) is 1. The molecule has 0 bridgehead atoms. The second kappa shape index (κ2) is 5.52. The molecule has 20 heavy (non-hydrogen) atoms. The van der Waals surface area contributed by atoms with Crippen LogP contribution in [0.15, 0.2) is 42.5 Å². The standard InChI is InChI=1S/C16H16ClFN2/c17-14-4-3-12-10-20(19)16(9-13(12)8-14)7-11-1-5-15(18)6-2-11/h1-6,8,16H,7,9-10,19H2. The molecule has 1 heterocycles. The zero-order valence-electron chi connectivity index (χ0n) is 11.0. The molecule has 104 valence electrons. The molecule has 3 rings (SSSR count). The molecule has 0 saturated heterocycles. The van der Waals surface area contributed by atoms with Crippen molar-refractivity contribution in [2.45, 2.75) is 25.4 Å². The van der Waals surface area contributed by atoms with Crippen LogP contribution in [-0.4, -0.2) is 11.1 Å². The Hall–Kier alpha value is -1.42. The molecule has 0 fully saturated rings. The number of nitrogens with zero attached hydrogens (tertiary/aromatic N) is 1. The van der Waals surface area contributed by atoms with E-state index in [1.54, 1.807) is 0 Å². The SMILES string of the molecule is NN1Cc2ccc(Cl)cc2CC1Cc1ccc(F)cc1. The Morgan fingerprint density at radius 2 is 1.90 bits per heavy atom. The highest BCUT2D eigenvalue weighted by atomic mass is 35.5. The van der Waals surface area contributed by atoms with Crippen LogP contribution in [0, 0.1) is 5.82 Å². The second-order valence-corrected chi connectivity index (χ2v) is 5.71. The Balaban J connectivity index is 1.79. The second-order valence-electron chi connectivity index (χ2n) is 5.27. The quantitative estimate of drug-likeness (QED) is 0.860. The summed E-state index contributed by atoms with van der Waals surface area (Å²) in [6.45, 7) is 0.721. The molecule has 4 heteroatoms. The highest BCUT2D eigenvalue weighted by molar-refractivity contribution is 6.30. The van der Waals surface area contributed by atoms with Crippen molar-refractivity contribution in [3.05, 3.63) is 70.0 Å². The van der Waals surface area contributed by atoms with Crippen LogP contribution in [0.2, 0.25) is 5.02 Å². The van der Waals surface area contributed by atoms with Crippen molar-refractivity contribution in [3.63, 3.8) is 0 Å².